The van der Waals surface area contributed by atoms with Crippen LogP contribution in [0.1, 0.15) is 18.2 Å². The Kier molecular flexibility index (Phi) is 5.70. The molecule has 1 rings (SSSR count). The van der Waals surface area contributed by atoms with Crippen LogP contribution in [0.15, 0.2) is 0 Å². The van der Waals surface area contributed by atoms with E-state index in [-0.39, 0.29) is 11.5 Å². The molecular formula is C11H16ClN3O4S. The van der Waals surface area contributed by atoms with Crippen molar-refractivity contribution in [1.82, 2.24) is 15.1 Å². The number of carbonyl (C=O) groups is 2. The molecule has 20 heavy (non-hydrogen) atoms. The molecule has 2 atom stereocenters. The van der Waals surface area contributed by atoms with Crippen molar-refractivity contribution in [2.75, 3.05) is 5.75 Å². The molecule has 112 valence electrons. The van der Waals surface area contributed by atoms with E-state index in [1.54, 1.807) is 14.0 Å². The molecule has 1 aromatic rings. The second kappa shape index (κ2) is 6.85. The number of amides is 1. The number of aromatic nitrogens is 2. The lowest BCUT2D eigenvalue weighted by Crippen LogP contribution is -2.43. The van der Waals surface area contributed by atoms with Crippen LogP contribution in [-0.4, -0.2) is 42.8 Å². The average Bonchev–Trinajstić information content (AvgIpc) is 2.54. The molecule has 0 aliphatic carbocycles. The fourth-order valence-electron chi connectivity index (χ4n) is 1.66. The van der Waals surface area contributed by atoms with E-state index in [4.69, 9.17) is 16.7 Å². The highest BCUT2D eigenvalue weighted by Gasteiger charge is 2.23. The van der Waals surface area contributed by atoms with Crippen molar-refractivity contribution in [2.24, 2.45) is 7.05 Å². The molecule has 1 unspecified atom stereocenters. The molecule has 1 aromatic heterocycles. The molecule has 7 nitrogen and oxygen atoms in total. The van der Waals surface area contributed by atoms with Crippen LogP contribution in [0.25, 0.3) is 0 Å². The minimum Gasteiger partial charge on any atom is -0.480 e. The summed E-state index contributed by atoms with van der Waals surface area (Å²) in [6.07, 6.45) is 0. The van der Waals surface area contributed by atoms with Gasteiger partial charge in [-0.05, 0) is 6.92 Å². The summed E-state index contributed by atoms with van der Waals surface area (Å²) in [6, 6.07) is -1.18. The van der Waals surface area contributed by atoms with Gasteiger partial charge in [-0.1, -0.05) is 11.6 Å². The zero-order valence-corrected chi connectivity index (χ0v) is 12.9. The van der Waals surface area contributed by atoms with Gasteiger partial charge in [0.15, 0.2) is 0 Å². The van der Waals surface area contributed by atoms with Gasteiger partial charge in [0, 0.05) is 30.3 Å². The van der Waals surface area contributed by atoms with Crippen molar-refractivity contribution >= 4 is 34.3 Å². The Morgan fingerprint density at radius 3 is 2.55 bits per heavy atom. The first kappa shape index (κ1) is 16.6. The van der Waals surface area contributed by atoms with Crippen molar-refractivity contribution < 1.29 is 18.9 Å². The van der Waals surface area contributed by atoms with E-state index in [2.05, 4.69) is 10.4 Å². The lowest BCUT2D eigenvalue weighted by atomic mass is 10.3. The number of hydrogen-bond donors (Lipinski definition) is 2. The molecule has 0 radical (unpaired) electrons. The lowest BCUT2D eigenvalue weighted by molar-refractivity contribution is -0.140. The summed E-state index contributed by atoms with van der Waals surface area (Å²) in [7, 11) is 0.187. The smallest absolute Gasteiger partial charge is 0.327 e. The van der Waals surface area contributed by atoms with Crippen LogP contribution in [-0.2, 0) is 33.2 Å². The van der Waals surface area contributed by atoms with Gasteiger partial charge in [0.2, 0.25) is 5.91 Å². The number of aliphatic carboxylic acids is 1. The van der Waals surface area contributed by atoms with E-state index in [0.29, 0.717) is 16.4 Å². The Hall–Kier alpha value is -1.41. The molecule has 0 saturated carbocycles. The second-order valence-corrected chi connectivity index (χ2v) is 6.18. The third-order valence-corrected chi connectivity index (χ3v) is 4.39. The first-order valence-corrected chi connectivity index (χ1v) is 7.61. The van der Waals surface area contributed by atoms with Gasteiger partial charge in [-0.15, -0.1) is 0 Å². The van der Waals surface area contributed by atoms with Crippen LogP contribution in [0, 0.1) is 6.92 Å². The number of nitrogens with zero attached hydrogens (tertiary/aromatic N) is 2. The summed E-state index contributed by atoms with van der Waals surface area (Å²) in [5.74, 6) is -1.78. The number of aryl methyl sites for hydroxylation is 2. The molecule has 0 bridgehead atoms. The molecule has 1 amide bonds. The molecule has 0 aliphatic heterocycles. The summed E-state index contributed by atoms with van der Waals surface area (Å²) in [4.78, 5) is 21.9. The zero-order chi connectivity index (χ0) is 15.4. The van der Waals surface area contributed by atoms with Crippen LogP contribution >= 0.6 is 11.6 Å². The Bertz CT molecular complexity index is 558. The fourth-order valence-corrected chi connectivity index (χ4v) is 3.37. The summed E-state index contributed by atoms with van der Waals surface area (Å²) in [5, 5.41) is 15.7. The van der Waals surface area contributed by atoms with Gasteiger partial charge in [-0.25, -0.2) is 4.79 Å². The first-order chi connectivity index (χ1) is 9.22. The summed E-state index contributed by atoms with van der Waals surface area (Å²) in [6.45, 7) is 2.95. The Labute approximate surface area is 123 Å². The number of carbonyl (C=O) groups excluding carboxylic acids is 1. The number of hydrogen-bond acceptors (Lipinski definition) is 4. The maximum absolute atomic E-state index is 12.0. The van der Waals surface area contributed by atoms with Crippen LogP contribution in [0.2, 0.25) is 5.15 Å². The highest BCUT2D eigenvalue weighted by Crippen LogP contribution is 2.20. The van der Waals surface area contributed by atoms with Gasteiger partial charge in [-0.2, -0.15) is 5.10 Å². The van der Waals surface area contributed by atoms with E-state index < -0.39 is 28.7 Å². The van der Waals surface area contributed by atoms with E-state index in [1.807, 2.05) is 0 Å². The summed E-state index contributed by atoms with van der Waals surface area (Å²) >= 11 is 6.02. The van der Waals surface area contributed by atoms with Gasteiger partial charge in [0.05, 0.1) is 17.2 Å². The largest absolute Gasteiger partial charge is 0.480 e. The van der Waals surface area contributed by atoms with Gasteiger partial charge in [-0.3, -0.25) is 13.7 Å². The van der Waals surface area contributed by atoms with Gasteiger partial charge in [0.25, 0.3) is 0 Å². The zero-order valence-electron chi connectivity index (χ0n) is 11.3. The quantitative estimate of drug-likeness (QED) is 0.780. The third-order valence-electron chi connectivity index (χ3n) is 2.60. The van der Waals surface area contributed by atoms with Crippen molar-refractivity contribution in [2.45, 2.75) is 25.6 Å². The van der Waals surface area contributed by atoms with Crippen molar-refractivity contribution in [3.63, 3.8) is 0 Å². The van der Waals surface area contributed by atoms with Crippen molar-refractivity contribution in [1.29, 1.82) is 0 Å². The van der Waals surface area contributed by atoms with E-state index in [9.17, 15) is 13.8 Å². The van der Waals surface area contributed by atoms with Crippen LogP contribution < -0.4 is 5.32 Å². The number of carboxylic acids is 1. The lowest BCUT2D eigenvalue weighted by Gasteiger charge is -2.12. The average molecular weight is 322 g/mol. The highest BCUT2D eigenvalue weighted by molar-refractivity contribution is 7.84. The SMILES string of the molecule is CC(=O)N[C@@H](CS(=O)Cc1c(C)nn(C)c1Cl)C(=O)O. The van der Waals surface area contributed by atoms with Gasteiger partial charge >= 0.3 is 5.97 Å². The van der Waals surface area contributed by atoms with Gasteiger partial charge < -0.3 is 10.4 Å². The summed E-state index contributed by atoms with van der Waals surface area (Å²) < 4.78 is 13.5. The second-order valence-electron chi connectivity index (χ2n) is 4.32. The van der Waals surface area contributed by atoms with E-state index in [1.165, 1.54) is 11.6 Å². The first-order valence-electron chi connectivity index (χ1n) is 5.75. The number of nitrogens with one attached hydrogen (secondary N) is 1. The molecule has 0 aromatic carbocycles. The molecule has 0 saturated heterocycles. The molecular weight excluding hydrogens is 306 g/mol. The maximum atomic E-state index is 12.0. The van der Waals surface area contributed by atoms with Gasteiger partial charge in [0.1, 0.15) is 11.2 Å². The van der Waals surface area contributed by atoms with Crippen LogP contribution in [0.3, 0.4) is 0 Å². The van der Waals surface area contributed by atoms with Crippen LogP contribution in [0.4, 0.5) is 0 Å². The normalized spacial score (nSPS) is 13.8. The molecule has 2 N–H and O–H groups in total. The minimum atomic E-state index is -1.48. The standard InChI is InChI=1S/C11H16ClN3O4S/c1-6-8(10(12)15(3)14-6)4-20(19)5-9(11(17)18)13-7(2)16/h9H,4-5H2,1-3H3,(H,13,16)(H,17,18)/t9-,20?/m0/s1. The molecule has 0 aliphatic rings. The molecule has 0 fully saturated rings. The Balaban J connectivity index is 2.75. The maximum Gasteiger partial charge on any atom is 0.327 e. The molecule has 1 heterocycles. The molecule has 0 spiro atoms. The summed E-state index contributed by atoms with van der Waals surface area (Å²) in [5.41, 5.74) is 1.27. The number of carboxylic acid groups (broad SMARTS) is 1. The van der Waals surface area contributed by atoms with Crippen LogP contribution in [0.5, 0.6) is 0 Å². The minimum absolute atomic E-state index is 0.0991. The Morgan fingerprint density at radius 1 is 1.55 bits per heavy atom. The fraction of sp³-hybridized carbons (Fsp3) is 0.545. The number of rotatable bonds is 6. The number of halogens is 1. The predicted octanol–water partition coefficient (Wildman–Crippen LogP) is 0.220. The Morgan fingerprint density at radius 2 is 2.15 bits per heavy atom. The molecule has 9 heteroatoms. The van der Waals surface area contributed by atoms with E-state index in [0.717, 1.165) is 0 Å². The predicted molar refractivity (Wildman–Crippen MR) is 74.9 cm³/mol. The van der Waals surface area contributed by atoms with Crippen molar-refractivity contribution in [3.8, 4) is 0 Å². The topological polar surface area (TPSA) is 101 Å². The van der Waals surface area contributed by atoms with E-state index >= 15 is 0 Å². The third kappa shape index (κ3) is 4.31. The van der Waals surface area contributed by atoms with Crippen molar-refractivity contribution in [3.05, 3.63) is 16.4 Å². The monoisotopic (exact) mass is 321 g/mol. The highest BCUT2D eigenvalue weighted by atomic mass is 35.5.